The average Bonchev–Trinajstić information content (AvgIpc) is 2.62. The minimum atomic E-state index is -0.660. The molecule has 0 atom stereocenters. The number of methoxy groups -OCH3 is 1. The summed E-state index contributed by atoms with van der Waals surface area (Å²) in [6.07, 6.45) is 0. The minimum Gasteiger partial charge on any atom is -0.465 e. The first-order chi connectivity index (χ1) is 12.4. The van der Waals surface area contributed by atoms with Crippen LogP contribution in [0, 0.1) is 13.8 Å². The quantitative estimate of drug-likeness (QED) is 0.626. The average molecular weight is 370 g/mol. The molecule has 1 aromatic heterocycles. The van der Waals surface area contributed by atoms with Gasteiger partial charge in [-0.15, -0.1) is 0 Å². The summed E-state index contributed by atoms with van der Waals surface area (Å²) in [5.74, 6) is -0.660. The van der Waals surface area contributed by atoms with Crippen molar-refractivity contribution in [3.8, 4) is 11.1 Å². The van der Waals surface area contributed by atoms with E-state index in [1.807, 2.05) is 51.1 Å². The Hall–Kier alpha value is -2.59. The van der Waals surface area contributed by atoms with E-state index in [1.54, 1.807) is 10.6 Å². The first-order valence-corrected chi connectivity index (χ1v) is 8.79. The van der Waals surface area contributed by atoms with Crippen LogP contribution in [0.1, 0.15) is 28.4 Å². The number of hydrogen-bond acceptors (Lipinski definition) is 3. The molecular weight excluding hydrogens is 350 g/mol. The maximum atomic E-state index is 13.1. The zero-order valence-corrected chi connectivity index (χ0v) is 16.0. The summed E-state index contributed by atoms with van der Waals surface area (Å²) >= 11 is 6.42. The molecule has 1 heterocycles. The highest BCUT2D eigenvalue weighted by Crippen LogP contribution is 2.36. The molecule has 4 nitrogen and oxygen atoms in total. The standard InChI is InChI=1S/C21H20ClNO3/c1-5-23-17-11-13(3)12(2)10-15(17)18(14-8-6-7-9-16(14)22)19(20(23)24)21(25)26-4/h6-11H,5H2,1-4H3. The van der Waals surface area contributed by atoms with Gasteiger partial charge in [-0.25, -0.2) is 4.79 Å². The molecule has 2 aromatic carbocycles. The molecule has 0 aliphatic rings. The molecule has 0 amide bonds. The number of carbonyl (C=O) groups is 1. The van der Waals surface area contributed by atoms with Gasteiger partial charge in [-0.3, -0.25) is 4.79 Å². The fourth-order valence-corrected chi connectivity index (χ4v) is 3.49. The Labute approximate surface area is 157 Å². The maximum Gasteiger partial charge on any atom is 0.344 e. The predicted octanol–water partition coefficient (Wildman–Crippen LogP) is 4.75. The van der Waals surface area contributed by atoms with E-state index in [-0.39, 0.29) is 11.1 Å². The Balaban J connectivity index is 2.63. The van der Waals surface area contributed by atoms with Gasteiger partial charge < -0.3 is 9.30 Å². The van der Waals surface area contributed by atoms with E-state index in [4.69, 9.17) is 16.3 Å². The van der Waals surface area contributed by atoms with Crippen LogP contribution in [-0.2, 0) is 11.3 Å². The summed E-state index contributed by atoms with van der Waals surface area (Å²) in [7, 11) is 1.28. The van der Waals surface area contributed by atoms with E-state index in [9.17, 15) is 9.59 Å². The zero-order chi connectivity index (χ0) is 19.0. The number of rotatable bonds is 3. The second-order valence-corrected chi connectivity index (χ2v) is 6.63. The monoisotopic (exact) mass is 369 g/mol. The van der Waals surface area contributed by atoms with Gasteiger partial charge in [0.05, 0.1) is 12.6 Å². The van der Waals surface area contributed by atoms with Gasteiger partial charge in [-0.2, -0.15) is 0 Å². The lowest BCUT2D eigenvalue weighted by Gasteiger charge is -2.18. The number of esters is 1. The van der Waals surface area contributed by atoms with Crippen molar-refractivity contribution in [1.29, 1.82) is 0 Å². The Morgan fingerprint density at radius 3 is 2.42 bits per heavy atom. The van der Waals surface area contributed by atoms with Crippen molar-refractivity contribution in [1.82, 2.24) is 4.57 Å². The molecule has 0 aliphatic heterocycles. The number of aryl methyl sites for hydroxylation is 3. The Bertz CT molecular complexity index is 1080. The lowest BCUT2D eigenvalue weighted by atomic mass is 9.93. The number of hydrogen-bond donors (Lipinski definition) is 0. The van der Waals surface area contributed by atoms with E-state index in [0.717, 1.165) is 22.0 Å². The number of ether oxygens (including phenoxy) is 1. The highest BCUT2D eigenvalue weighted by Gasteiger charge is 2.25. The maximum absolute atomic E-state index is 13.1. The lowest BCUT2D eigenvalue weighted by molar-refractivity contribution is 0.0599. The highest BCUT2D eigenvalue weighted by molar-refractivity contribution is 6.34. The molecule has 0 unspecified atom stereocenters. The predicted molar refractivity (Wildman–Crippen MR) is 105 cm³/mol. The number of fused-ring (bicyclic) bond motifs is 1. The first-order valence-electron chi connectivity index (χ1n) is 8.41. The number of carbonyl (C=O) groups excluding carboxylic acids is 1. The fraction of sp³-hybridized carbons (Fsp3) is 0.238. The number of benzene rings is 2. The summed E-state index contributed by atoms with van der Waals surface area (Å²) < 4.78 is 6.53. The van der Waals surface area contributed by atoms with Crippen LogP contribution >= 0.6 is 11.6 Å². The van der Waals surface area contributed by atoms with Gasteiger partial charge in [-0.1, -0.05) is 29.8 Å². The van der Waals surface area contributed by atoms with Crippen LogP contribution < -0.4 is 5.56 Å². The van der Waals surface area contributed by atoms with Crippen molar-refractivity contribution < 1.29 is 9.53 Å². The molecule has 0 radical (unpaired) electrons. The molecular formula is C21H20ClNO3. The molecule has 26 heavy (non-hydrogen) atoms. The summed E-state index contributed by atoms with van der Waals surface area (Å²) in [6, 6.07) is 11.2. The summed E-state index contributed by atoms with van der Waals surface area (Å²) in [4.78, 5) is 25.7. The molecule has 3 rings (SSSR count). The number of pyridine rings is 1. The zero-order valence-electron chi connectivity index (χ0n) is 15.2. The van der Waals surface area contributed by atoms with Gasteiger partial charge >= 0.3 is 5.97 Å². The second-order valence-electron chi connectivity index (χ2n) is 6.22. The number of aromatic nitrogens is 1. The smallest absolute Gasteiger partial charge is 0.344 e. The summed E-state index contributed by atoms with van der Waals surface area (Å²) in [5, 5.41) is 1.29. The van der Waals surface area contributed by atoms with Gasteiger partial charge in [0, 0.05) is 28.1 Å². The topological polar surface area (TPSA) is 48.3 Å². The third-order valence-electron chi connectivity index (χ3n) is 4.73. The van der Waals surface area contributed by atoms with Gasteiger partial charge in [0.1, 0.15) is 5.56 Å². The summed E-state index contributed by atoms with van der Waals surface area (Å²) in [6.45, 7) is 6.34. The SMILES string of the molecule is CCn1c(=O)c(C(=O)OC)c(-c2ccccc2Cl)c2cc(C)c(C)cc21. The fourth-order valence-electron chi connectivity index (χ4n) is 3.26. The second kappa shape index (κ2) is 6.96. The van der Waals surface area contributed by atoms with Gasteiger partial charge in [0.15, 0.2) is 0 Å². The van der Waals surface area contributed by atoms with Crippen molar-refractivity contribution in [3.05, 3.63) is 68.5 Å². The van der Waals surface area contributed by atoms with Crippen molar-refractivity contribution in [3.63, 3.8) is 0 Å². The Kier molecular flexibility index (Phi) is 4.88. The van der Waals surface area contributed by atoms with Gasteiger partial charge in [0.2, 0.25) is 0 Å². The van der Waals surface area contributed by atoms with E-state index in [1.165, 1.54) is 7.11 Å². The molecule has 3 aromatic rings. The molecule has 0 saturated carbocycles. The van der Waals surface area contributed by atoms with Gasteiger partial charge in [0.25, 0.3) is 5.56 Å². The van der Waals surface area contributed by atoms with Gasteiger partial charge in [-0.05, 0) is 50.1 Å². The normalized spacial score (nSPS) is 11.0. The van der Waals surface area contributed by atoms with Crippen molar-refractivity contribution in [2.45, 2.75) is 27.3 Å². The van der Waals surface area contributed by atoms with E-state index < -0.39 is 5.97 Å². The van der Waals surface area contributed by atoms with E-state index in [2.05, 4.69) is 0 Å². The molecule has 0 spiro atoms. The Morgan fingerprint density at radius 2 is 1.81 bits per heavy atom. The molecule has 0 saturated heterocycles. The molecule has 5 heteroatoms. The molecule has 0 fully saturated rings. The highest BCUT2D eigenvalue weighted by atomic mass is 35.5. The third kappa shape index (κ3) is 2.80. The van der Waals surface area contributed by atoms with Crippen LogP contribution in [0.5, 0.6) is 0 Å². The molecule has 0 aliphatic carbocycles. The van der Waals surface area contributed by atoms with Crippen molar-refractivity contribution in [2.75, 3.05) is 7.11 Å². The lowest BCUT2D eigenvalue weighted by Crippen LogP contribution is -2.28. The first kappa shape index (κ1) is 18.2. The van der Waals surface area contributed by atoms with Crippen LogP contribution in [0.15, 0.2) is 41.2 Å². The molecule has 0 N–H and O–H groups in total. The van der Waals surface area contributed by atoms with Crippen LogP contribution in [0.2, 0.25) is 5.02 Å². The van der Waals surface area contributed by atoms with Crippen molar-refractivity contribution in [2.24, 2.45) is 0 Å². The summed E-state index contributed by atoms with van der Waals surface area (Å²) in [5.41, 5.74) is 3.74. The van der Waals surface area contributed by atoms with Crippen LogP contribution in [0.3, 0.4) is 0 Å². The molecule has 0 bridgehead atoms. The molecule has 134 valence electrons. The minimum absolute atomic E-state index is 0.0122. The Morgan fingerprint density at radius 1 is 1.15 bits per heavy atom. The van der Waals surface area contributed by atoms with Crippen LogP contribution in [0.4, 0.5) is 0 Å². The van der Waals surface area contributed by atoms with Crippen LogP contribution in [-0.4, -0.2) is 17.6 Å². The van der Waals surface area contributed by atoms with Crippen molar-refractivity contribution >= 4 is 28.5 Å². The van der Waals surface area contributed by atoms with E-state index in [0.29, 0.717) is 22.7 Å². The van der Waals surface area contributed by atoms with E-state index >= 15 is 0 Å². The number of halogens is 1. The van der Waals surface area contributed by atoms with Crippen LogP contribution in [0.25, 0.3) is 22.0 Å². The third-order valence-corrected chi connectivity index (χ3v) is 5.06. The largest absolute Gasteiger partial charge is 0.465 e. The number of nitrogens with zero attached hydrogens (tertiary/aromatic N) is 1.